The van der Waals surface area contributed by atoms with Crippen LogP contribution >= 0.6 is 0 Å². The van der Waals surface area contributed by atoms with Crippen LogP contribution in [0.5, 0.6) is 0 Å². The standard InChI is InChI=1S/C49H74N8O10/c1-33(2)29-39(47(64)55-38(45(52)62)30-34-19-11-9-12-20-34)56-46(63)37(26-27-42(50)59)54-44(61)25-17-7-3-5-15-23-36(24-16-6-4-8-18-28-58)53-40(32-43(51)60)48(65)57-41(49(66)67)31-35-21-13-10-14-22-35/h9-14,19-22,28,33,36-41,53H,3-8,15-18,23-27,29-32H2,1-2H3,(H2,50,59)(H2,51,60)(H2,52,62)(H,54,61)(H,55,64)(H,56,63)(H,57,65)(H,66,67)/t36?,37-,38-,39-,40-,41-/m0/s1. The minimum absolute atomic E-state index is 0.0443. The van der Waals surface area contributed by atoms with Crippen molar-refractivity contribution < 1.29 is 48.3 Å². The van der Waals surface area contributed by atoms with E-state index in [-0.39, 0.29) is 56.9 Å². The molecule has 0 saturated heterocycles. The molecule has 0 fully saturated rings. The number of nitrogens with two attached hydrogens (primary N) is 3. The van der Waals surface area contributed by atoms with E-state index >= 15 is 0 Å². The van der Waals surface area contributed by atoms with Gasteiger partial charge in [0.2, 0.25) is 41.4 Å². The van der Waals surface area contributed by atoms with E-state index in [0.29, 0.717) is 32.1 Å². The van der Waals surface area contributed by atoms with Crippen LogP contribution in [0.25, 0.3) is 0 Å². The number of carboxylic acid groups (broad SMARTS) is 1. The zero-order valence-electron chi connectivity index (χ0n) is 39.2. The Morgan fingerprint density at radius 2 is 1.04 bits per heavy atom. The average Bonchev–Trinajstić information content (AvgIpc) is 3.27. The normalized spacial score (nSPS) is 13.8. The van der Waals surface area contributed by atoms with E-state index in [1.807, 2.05) is 19.9 Å². The largest absolute Gasteiger partial charge is 0.480 e. The molecule has 2 rings (SSSR count). The number of amides is 7. The molecule has 0 saturated carbocycles. The number of nitrogens with one attached hydrogen (secondary N) is 5. The highest BCUT2D eigenvalue weighted by molar-refractivity contribution is 5.94. The van der Waals surface area contributed by atoms with E-state index < -0.39 is 77.5 Å². The molecule has 0 radical (unpaired) electrons. The fraction of sp³-hybridized carbons (Fsp3) is 0.571. The van der Waals surface area contributed by atoms with Crippen LogP contribution in [0, 0.1) is 5.92 Å². The molecule has 12 N–H and O–H groups in total. The van der Waals surface area contributed by atoms with Crippen molar-refractivity contribution in [3.63, 3.8) is 0 Å². The minimum Gasteiger partial charge on any atom is -0.480 e. The number of hydrogen-bond donors (Lipinski definition) is 9. The maximum atomic E-state index is 13.6. The maximum absolute atomic E-state index is 13.6. The quantitative estimate of drug-likeness (QED) is 0.0351. The first-order chi connectivity index (χ1) is 32.0. The lowest BCUT2D eigenvalue weighted by Gasteiger charge is -2.26. The van der Waals surface area contributed by atoms with Gasteiger partial charge in [0.25, 0.3) is 0 Å². The van der Waals surface area contributed by atoms with Crippen molar-refractivity contribution in [3.8, 4) is 0 Å². The third-order valence-electron chi connectivity index (χ3n) is 11.3. The van der Waals surface area contributed by atoms with Gasteiger partial charge in [-0.15, -0.1) is 0 Å². The molecule has 2 aromatic carbocycles. The first-order valence-electron chi connectivity index (χ1n) is 23.6. The van der Waals surface area contributed by atoms with Crippen LogP contribution < -0.4 is 43.8 Å². The molecule has 2 aromatic rings. The van der Waals surface area contributed by atoms with Crippen molar-refractivity contribution in [3.05, 3.63) is 71.8 Å². The number of unbranched alkanes of at least 4 members (excludes halogenated alkanes) is 8. The van der Waals surface area contributed by atoms with Crippen molar-refractivity contribution in [2.45, 2.75) is 172 Å². The number of aldehydes is 1. The number of benzene rings is 2. The summed E-state index contributed by atoms with van der Waals surface area (Å²) < 4.78 is 0. The van der Waals surface area contributed by atoms with E-state index in [0.717, 1.165) is 62.4 Å². The fourth-order valence-electron chi connectivity index (χ4n) is 7.67. The SMILES string of the molecule is CC(C)C[C@H](NC(=O)[C@H](CCC(N)=O)NC(=O)CCCCCCCC(CCCCCCC=O)N[C@@H](CC(N)=O)C(=O)N[C@@H](Cc1ccccc1)C(=O)O)C(=O)N[C@@H](Cc1ccccc1)C(N)=O. The van der Waals surface area contributed by atoms with Crippen LogP contribution in [0.1, 0.15) is 134 Å². The van der Waals surface area contributed by atoms with E-state index in [4.69, 9.17) is 17.2 Å². The van der Waals surface area contributed by atoms with Crippen molar-refractivity contribution in [2.24, 2.45) is 23.1 Å². The lowest BCUT2D eigenvalue weighted by atomic mass is 9.98. The first kappa shape index (κ1) is 57.0. The van der Waals surface area contributed by atoms with Gasteiger partial charge in [0.15, 0.2) is 0 Å². The molecule has 370 valence electrons. The van der Waals surface area contributed by atoms with E-state index in [1.165, 1.54) is 0 Å². The number of rotatable bonds is 37. The van der Waals surface area contributed by atoms with Gasteiger partial charge in [0, 0.05) is 38.1 Å². The Hall–Kier alpha value is -6.17. The summed E-state index contributed by atoms with van der Waals surface area (Å²) >= 11 is 0. The molecule has 0 heterocycles. The molecule has 67 heavy (non-hydrogen) atoms. The molecule has 6 atom stereocenters. The smallest absolute Gasteiger partial charge is 0.326 e. The summed E-state index contributed by atoms with van der Waals surface area (Å²) in [7, 11) is 0. The predicted octanol–water partition coefficient (Wildman–Crippen LogP) is 2.76. The van der Waals surface area contributed by atoms with Crippen molar-refractivity contribution in [2.75, 3.05) is 0 Å². The molecule has 0 bridgehead atoms. The Kier molecular flexibility index (Phi) is 27.6. The summed E-state index contributed by atoms with van der Waals surface area (Å²) in [5.74, 6) is -5.74. The van der Waals surface area contributed by atoms with Gasteiger partial charge in [-0.05, 0) is 55.6 Å². The number of primary amides is 3. The second-order valence-electron chi connectivity index (χ2n) is 17.6. The van der Waals surface area contributed by atoms with Gasteiger partial charge < -0.3 is 53.7 Å². The lowest BCUT2D eigenvalue weighted by molar-refractivity contribution is -0.142. The Labute approximate surface area is 394 Å². The third kappa shape index (κ3) is 25.4. The average molecular weight is 935 g/mol. The lowest BCUT2D eigenvalue weighted by Crippen LogP contribution is -2.57. The highest BCUT2D eigenvalue weighted by Crippen LogP contribution is 2.16. The van der Waals surface area contributed by atoms with Gasteiger partial charge in [-0.1, -0.05) is 119 Å². The summed E-state index contributed by atoms with van der Waals surface area (Å²) in [6.07, 6.45) is 9.40. The maximum Gasteiger partial charge on any atom is 0.326 e. The number of carboxylic acids is 1. The van der Waals surface area contributed by atoms with E-state index in [1.54, 1.807) is 54.6 Å². The molecule has 18 nitrogen and oxygen atoms in total. The Morgan fingerprint density at radius 1 is 0.552 bits per heavy atom. The van der Waals surface area contributed by atoms with Crippen molar-refractivity contribution in [1.82, 2.24) is 26.6 Å². The highest BCUT2D eigenvalue weighted by atomic mass is 16.4. The second kappa shape index (κ2) is 32.5. The zero-order chi connectivity index (χ0) is 49.6. The molecule has 0 aliphatic rings. The molecule has 0 aliphatic heterocycles. The topological polar surface area (TPSA) is 312 Å². The van der Waals surface area contributed by atoms with E-state index in [9.17, 15) is 48.3 Å². The molecule has 1 unspecified atom stereocenters. The number of carbonyl (C=O) groups excluding carboxylic acids is 8. The van der Waals surface area contributed by atoms with Gasteiger partial charge in [0.1, 0.15) is 30.5 Å². The van der Waals surface area contributed by atoms with Crippen LogP contribution in [-0.4, -0.2) is 95.0 Å². The first-order valence-corrected chi connectivity index (χ1v) is 23.6. The van der Waals surface area contributed by atoms with Crippen LogP contribution in [-0.2, 0) is 56.0 Å². The summed E-state index contributed by atoms with van der Waals surface area (Å²) in [5.41, 5.74) is 18.0. The van der Waals surface area contributed by atoms with Gasteiger partial charge in [0.05, 0.1) is 12.5 Å². The number of hydrogen-bond acceptors (Lipinski definition) is 10. The summed E-state index contributed by atoms with van der Waals surface area (Å²) in [6, 6.07) is 12.2. The minimum atomic E-state index is -1.22. The monoisotopic (exact) mass is 935 g/mol. The molecular weight excluding hydrogens is 861 g/mol. The summed E-state index contributed by atoms with van der Waals surface area (Å²) in [5, 5.41) is 23.8. The van der Waals surface area contributed by atoms with Gasteiger partial charge in [-0.3, -0.25) is 33.6 Å². The molecule has 0 aliphatic carbocycles. The summed E-state index contributed by atoms with van der Waals surface area (Å²) in [4.78, 5) is 113. The van der Waals surface area contributed by atoms with E-state index in [2.05, 4.69) is 26.6 Å². The molecule has 0 spiro atoms. The van der Waals surface area contributed by atoms with Gasteiger partial charge in [-0.25, -0.2) is 4.79 Å². The van der Waals surface area contributed by atoms with Crippen LogP contribution in [0.15, 0.2) is 60.7 Å². The highest BCUT2D eigenvalue weighted by Gasteiger charge is 2.31. The van der Waals surface area contributed by atoms with Crippen LogP contribution in [0.3, 0.4) is 0 Å². The van der Waals surface area contributed by atoms with Gasteiger partial charge in [-0.2, -0.15) is 0 Å². The molecule has 0 aromatic heterocycles. The Morgan fingerprint density at radius 3 is 1.57 bits per heavy atom. The van der Waals surface area contributed by atoms with Gasteiger partial charge >= 0.3 is 5.97 Å². The zero-order valence-corrected chi connectivity index (χ0v) is 39.2. The van der Waals surface area contributed by atoms with Crippen LogP contribution in [0.4, 0.5) is 0 Å². The third-order valence-corrected chi connectivity index (χ3v) is 11.3. The van der Waals surface area contributed by atoms with Crippen LogP contribution in [0.2, 0.25) is 0 Å². The molecule has 18 heteroatoms. The van der Waals surface area contributed by atoms with Crippen molar-refractivity contribution >= 4 is 53.6 Å². The predicted molar refractivity (Wildman–Crippen MR) is 253 cm³/mol. The fourth-order valence-corrected chi connectivity index (χ4v) is 7.67. The summed E-state index contributed by atoms with van der Waals surface area (Å²) in [6.45, 7) is 3.73. The molecular formula is C49H74N8O10. The van der Waals surface area contributed by atoms with Crippen molar-refractivity contribution in [1.29, 1.82) is 0 Å². The number of carbonyl (C=O) groups is 9. The molecule has 7 amide bonds. The Balaban J connectivity index is 1.99. The number of aliphatic carboxylic acids is 1. The Bertz CT molecular complexity index is 1870. The second-order valence-corrected chi connectivity index (χ2v) is 17.6.